The van der Waals surface area contributed by atoms with Crippen molar-refractivity contribution in [3.8, 4) is 11.5 Å². The molecule has 1 aromatic carbocycles. The molecule has 0 bridgehead atoms. The second-order valence-electron chi connectivity index (χ2n) is 6.08. The standard InChI is InChI=1S/C17H20N6O4/c1-4-7-23-13-14(21(2)17(27)22(3)15(13)26)19-16(23)20-18-9-10-5-6-11(24)8-12(10)25/h5-6,8-9,24-25H,4,7H2,1-3H3,(H,19,20)/b18-9+. The molecule has 0 amide bonds. The van der Waals surface area contributed by atoms with E-state index in [4.69, 9.17) is 0 Å². The van der Waals surface area contributed by atoms with Gasteiger partial charge in [0.15, 0.2) is 11.2 Å². The fraction of sp³-hybridized carbons (Fsp3) is 0.294. The van der Waals surface area contributed by atoms with Crippen molar-refractivity contribution in [3.63, 3.8) is 0 Å². The minimum Gasteiger partial charge on any atom is -0.508 e. The van der Waals surface area contributed by atoms with E-state index in [9.17, 15) is 19.8 Å². The Bertz CT molecular complexity index is 1150. The van der Waals surface area contributed by atoms with Gasteiger partial charge in [-0.05, 0) is 18.6 Å². The third-order valence-electron chi connectivity index (χ3n) is 4.18. The lowest BCUT2D eigenvalue weighted by Crippen LogP contribution is -2.37. The molecule has 0 radical (unpaired) electrons. The lowest BCUT2D eigenvalue weighted by molar-refractivity contribution is 0.450. The normalized spacial score (nSPS) is 11.5. The first kappa shape index (κ1) is 18.2. The fourth-order valence-electron chi connectivity index (χ4n) is 2.77. The molecular formula is C17H20N6O4. The smallest absolute Gasteiger partial charge is 0.332 e. The number of anilines is 1. The maximum atomic E-state index is 12.5. The van der Waals surface area contributed by atoms with Gasteiger partial charge in [-0.15, -0.1) is 0 Å². The van der Waals surface area contributed by atoms with Crippen molar-refractivity contribution in [1.29, 1.82) is 0 Å². The molecule has 10 nitrogen and oxygen atoms in total. The third-order valence-corrected chi connectivity index (χ3v) is 4.18. The Kier molecular flexibility index (Phi) is 4.72. The highest BCUT2D eigenvalue weighted by molar-refractivity contribution is 5.84. The maximum absolute atomic E-state index is 12.5. The van der Waals surface area contributed by atoms with E-state index < -0.39 is 11.2 Å². The first-order valence-corrected chi connectivity index (χ1v) is 8.32. The summed E-state index contributed by atoms with van der Waals surface area (Å²) in [4.78, 5) is 29.0. The summed E-state index contributed by atoms with van der Waals surface area (Å²) >= 11 is 0. The quantitative estimate of drug-likeness (QED) is 0.447. The van der Waals surface area contributed by atoms with Crippen LogP contribution in [0.15, 0.2) is 32.9 Å². The number of rotatable bonds is 5. The summed E-state index contributed by atoms with van der Waals surface area (Å²) in [5.41, 5.74) is 2.83. The highest BCUT2D eigenvalue weighted by atomic mass is 16.3. The maximum Gasteiger partial charge on any atom is 0.332 e. The van der Waals surface area contributed by atoms with E-state index in [1.54, 1.807) is 11.6 Å². The molecule has 0 unspecified atom stereocenters. The number of fused-ring (bicyclic) bond motifs is 1. The van der Waals surface area contributed by atoms with Crippen LogP contribution in [-0.4, -0.2) is 35.1 Å². The molecule has 10 heteroatoms. The predicted octanol–water partition coefficient (Wildman–Crippen LogP) is 0.701. The molecule has 0 aliphatic rings. The Hall–Kier alpha value is -3.56. The van der Waals surface area contributed by atoms with Crippen molar-refractivity contribution in [2.45, 2.75) is 19.9 Å². The average Bonchev–Trinajstić information content (AvgIpc) is 2.99. The minimum absolute atomic E-state index is 0.0564. The number of hydrazone groups is 1. The van der Waals surface area contributed by atoms with Crippen LogP contribution in [0.4, 0.5) is 5.95 Å². The number of nitrogens with zero attached hydrogens (tertiary/aromatic N) is 5. The summed E-state index contributed by atoms with van der Waals surface area (Å²) in [7, 11) is 2.97. The molecule has 0 saturated carbocycles. The first-order valence-electron chi connectivity index (χ1n) is 8.32. The fourth-order valence-corrected chi connectivity index (χ4v) is 2.77. The van der Waals surface area contributed by atoms with Gasteiger partial charge in [-0.2, -0.15) is 10.1 Å². The molecule has 0 saturated heterocycles. The van der Waals surface area contributed by atoms with Crippen LogP contribution in [0.1, 0.15) is 18.9 Å². The molecule has 0 fully saturated rings. The van der Waals surface area contributed by atoms with Gasteiger partial charge in [-0.25, -0.2) is 10.2 Å². The summed E-state index contributed by atoms with van der Waals surface area (Å²) in [5.74, 6) is 0.123. The second-order valence-corrected chi connectivity index (χ2v) is 6.08. The van der Waals surface area contributed by atoms with E-state index in [0.29, 0.717) is 23.6 Å². The number of phenols is 2. The first-order chi connectivity index (χ1) is 12.8. The van der Waals surface area contributed by atoms with Gasteiger partial charge < -0.3 is 14.8 Å². The van der Waals surface area contributed by atoms with Crippen LogP contribution in [0.25, 0.3) is 11.2 Å². The van der Waals surface area contributed by atoms with Crippen molar-refractivity contribution in [2.75, 3.05) is 5.43 Å². The van der Waals surface area contributed by atoms with Gasteiger partial charge in [0.05, 0.1) is 6.21 Å². The lowest BCUT2D eigenvalue weighted by atomic mass is 10.2. The van der Waals surface area contributed by atoms with Crippen LogP contribution in [-0.2, 0) is 20.6 Å². The van der Waals surface area contributed by atoms with Crippen molar-refractivity contribution in [3.05, 3.63) is 44.6 Å². The Labute approximate surface area is 153 Å². The molecule has 27 heavy (non-hydrogen) atoms. The zero-order valence-corrected chi connectivity index (χ0v) is 15.2. The third kappa shape index (κ3) is 3.16. The molecule has 0 aliphatic carbocycles. The number of aromatic nitrogens is 4. The number of aryl methyl sites for hydroxylation is 2. The molecule has 3 rings (SSSR count). The zero-order chi connectivity index (χ0) is 19.7. The molecule has 3 N–H and O–H groups in total. The highest BCUT2D eigenvalue weighted by Crippen LogP contribution is 2.21. The number of aromatic hydroxyl groups is 2. The molecule has 2 aromatic heterocycles. The number of benzene rings is 1. The largest absolute Gasteiger partial charge is 0.508 e. The number of phenolic OH excluding ortho intramolecular Hbond substituents is 2. The van der Waals surface area contributed by atoms with Crippen LogP contribution < -0.4 is 16.7 Å². The zero-order valence-electron chi connectivity index (χ0n) is 15.2. The van der Waals surface area contributed by atoms with E-state index in [0.717, 1.165) is 11.0 Å². The van der Waals surface area contributed by atoms with Crippen LogP contribution in [0, 0.1) is 0 Å². The summed E-state index contributed by atoms with van der Waals surface area (Å²) in [6.45, 7) is 2.46. The molecule has 0 spiro atoms. The molecule has 0 aliphatic heterocycles. The molecule has 3 aromatic rings. The Morgan fingerprint density at radius 3 is 2.63 bits per heavy atom. The summed E-state index contributed by atoms with van der Waals surface area (Å²) in [5, 5.41) is 23.2. The van der Waals surface area contributed by atoms with Gasteiger partial charge in [0.1, 0.15) is 11.5 Å². The summed E-state index contributed by atoms with van der Waals surface area (Å²) in [6, 6.07) is 4.13. The molecular weight excluding hydrogens is 352 g/mol. The number of imidazole rings is 1. The Morgan fingerprint density at radius 1 is 1.22 bits per heavy atom. The number of hydrogen-bond donors (Lipinski definition) is 3. The van der Waals surface area contributed by atoms with Crippen molar-refractivity contribution in [1.82, 2.24) is 18.7 Å². The number of hydrogen-bond acceptors (Lipinski definition) is 7. The van der Waals surface area contributed by atoms with Gasteiger partial charge in [-0.1, -0.05) is 6.92 Å². The minimum atomic E-state index is -0.460. The topological polar surface area (TPSA) is 127 Å². The van der Waals surface area contributed by atoms with Crippen molar-refractivity contribution >= 4 is 23.3 Å². The van der Waals surface area contributed by atoms with Gasteiger partial charge in [0.25, 0.3) is 5.56 Å². The van der Waals surface area contributed by atoms with E-state index in [-0.39, 0.29) is 17.1 Å². The van der Waals surface area contributed by atoms with E-state index >= 15 is 0 Å². The van der Waals surface area contributed by atoms with Gasteiger partial charge in [-0.3, -0.25) is 13.9 Å². The van der Waals surface area contributed by atoms with Crippen LogP contribution in [0.2, 0.25) is 0 Å². The SMILES string of the molecule is CCCn1c(N/N=C/c2ccc(O)cc2O)nc2c1c(=O)n(C)c(=O)n2C. The Morgan fingerprint density at radius 2 is 1.96 bits per heavy atom. The molecule has 0 atom stereocenters. The monoisotopic (exact) mass is 372 g/mol. The predicted molar refractivity (Wildman–Crippen MR) is 101 cm³/mol. The van der Waals surface area contributed by atoms with E-state index in [2.05, 4.69) is 15.5 Å². The highest BCUT2D eigenvalue weighted by Gasteiger charge is 2.18. The summed E-state index contributed by atoms with van der Waals surface area (Å²) < 4.78 is 4.02. The second kappa shape index (κ2) is 6.98. The van der Waals surface area contributed by atoms with Gasteiger partial charge >= 0.3 is 5.69 Å². The molecule has 142 valence electrons. The summed E-state index contributed by atoms with van der Waals surface area (Å²) in [6.07, 6.45) is 2.11. The average molecular weight is 372 g/mol. The Balaban J connectivity index is 2.06. The van der Waals surface area contributed by atoms with Crippen LogP contribution in [0.5, 0.6) is 11.5 Å². The molecule has 2 heterocycles. The van der Waals surface area contributed by atoms with Crippen molar-refractivity contribution in [2.24, 2.45) is 19.2 Å². The lowest BCUT2D eigenvalue weighted by Gasteiger charge is -2.07. The number of nitrogens with one attached hydrogen (secondary N) is 1. The van der Waals surface area contributed by atoms with Gasteiger partial charge in [0, 0.05) is 32.3 Å². The van der Waals surface area contributed by atoms with Crippen LogP contribution in [0.3, 0.4) is 0 Å². The van der Waals surface area contributed by atoms with Crippen molar-refractivity contribution < 1.29 is 10.2 Å². The van der Waals surface area contributed by atoms with E-state index in [1.807, 2.05) is 6.92 Å². The van der Waals surface area contributed by atoms with E-state index in [1.165, 1.54) is 36.0 Å². The van der Waals surface area contributed by atoms with Gasteiger partial charge in [0.2, 0.25) is 5.95 Å². The van der Waals surface area contributed by atoms with Crippen LogP contribution >= 0.6 is 0 Å².